The number of nitrogens with one attached hydrogen (secondary N) is 3. The van der Waals surface area contributed by atoms with Crippen molar-refractivity contribution in [2.45, 2.75) is 6.42 Å². The molecule has 0 aliphatic rings. The number of benzene rings is 2. The van der Waals surface area contributed by atoms with E-state index in [2.05, 4.69) is 19.7 Å². The van der Waals surface area contributed by atoms with E-state index in [0.717, 1.165) is 31.3 Å². The van der Waals surface area contributed by atoms with Gasteiger partial charge in [-0.15, -0.1) is 0 Å². The third kappa shape index (κ3) is 10.3. The van der Waals surface area contributed by atoms with E-state index in [4.69, 9.17) is 4.74 Å². The zero-order chi connectivity index (χ0) is 23.6. The summed E-state index contributed by atoms with van der Waals surface area (Å²) in [6.07, 6.45) is 1.94. The lowest BCUT2D eigenvalue weighted by atomic mass is 10.1. The first-order valence-electron chi connectivity index (χ1n) is 10.2. The van der Waals surface area contributed by atoms with Crippen LogP contribution in [-0.2, 0) is 26.5 Å². The van der Waals surface area contributed by atoms with Crippen LogP contribution in [0.3, 0.4) is 0 Å². The zero-order valence-corrected chi connectivity index (χ0v) is 20.3. The molecule has 0 amide bonds. The van der Waals surface area contributed by atoms with Crippen molar-refractivity contribution in [3.8, 4) is 5.75 Å². The van der Waals surface area contributed by atoms with Crippen LogP contribution in [0.1, 0.15) is 5.56 Å². The van der Waals surface area contributed by atoms with Crippen LogP contribution in [0.2, 0.25) is 0 Å². The SMILES string of the molecule is CNCCS(=O)(=O)Nc1ccc(CCN(C)CCOc2ccc(NS(C)(=O)=O)cc2)cc1. The standard InChI is InChI=1S/C21H32N4O5S2/c1-22-13-17-32(28,29)24-20-6-4-18(5-7-20)12-14-25(2)15-16-30-21-10-8-19(9-11-21)23-31(3,26)27/h4-11,22-24H,12-17H2,1-3H3. The topological polar surface area (TPSA) is 117 Å². The second kappa shape index (κ2) is 12.0. The average Bonchev–Trinajstić information content (AvgIpc) is 2.72. The Hall–Kier alpha value is -2.34. The molecule has 0 aromatic heterocycles. The van der Waals surface area contributed by atoms with Crippen molar-refractivity contribution in [3.63, 3.8) is 0 Å². The van der Waals surface area contributed by atoms with Crippen LogP contribution in [0.5, 0.6) is 5.75 Å². The summed E-state index contributed by atoms with van der Waals surface area (Å²) in [5, 5.41) is 2.82. The lowest BCUT2D eigenvalue weighted by Crippen LogP contribution is -2.26. The van der Waals surface area contributed by atoms with E-state index in [0.29, 0.717) is 30.3 Å². The number of sulfonamides is 2. The summed E-state index contributed by atoms with van der Waals surface area (Å²) in [6, 6.07) is 14.2. The highest BCUT2D eigenvalue weighted by molar-refractivity contribution is 7.92. The van der Waals surface area contributed by atoms with Gasteiger partial charge in [-0.1, -0.05) is 12.1 Å². The second-order valence-corrected chi connectivity index (χ2v) is 11.1. The number of ether oxygens (including phenoxy) is 1. The smallest absolute Gasteiger partial charge is 0.233 e. The maximum atomic E-state index is 11.9. The third-order valence-corrected chi connectivity index (χ3v) is 6.42. The van der Waals surface area contributed by atoms with Crippen molar-refractivity contribution in [1.29, 1.82) is 0 Å². The Kier molecular flexibility index (Phi) is 9.76. The molecule has 9 nitrogen and oxygen atoms in total. The fraction of sp³-hybridized carbons (Fsp3) is 0.429. The monoisotopic (exact) mass is 484 g/mol. The van der Waals surface area contributed by atoms with Gasteiger partial charge in [0.2, 0.25) is 20.0 Å². The molecular weight excluding hydrogens is 452 g/mol. The molecule has 2 rings (SSSR count). The molecule has 0 fully saturated rings. The minimum atomic E-state index is -3.34. The van der Waals surface area contributed by atoms with Crippen LogP contribution in [0, 0.1) is 0 Å². The molecule has 0 heterocycles. The largest absolute Gasteiger partial charge is 0.492 e. The lowest BCUT2D eigenvalue weighted by Gasteiger charge is -2.17. The van der Waals surface area contributed by atoms with E-state index >= 15 is 0 Å². The highest BCUT2D eigenvalue weighted by Gasteiger charge is 2.09. The third-order valence-electron chi connectivity index (χ3n) is 4.53. The molecule has 0 spiro atoms. The summed E-state index contributed by atoms with van der Waals surface area (Å²) in [5.74, 6) is 0.699. The van der Waals surface area contributed by atoms with Gasteiger partial charge in [0.15, 0.2) is 0 Å². The number of nitrogens with zero attached hydrogens (tertiary/aromatic N) is 1. The Morgan fingerprint density at radius 2 is 1.47 bits per heavy atom. The second-order valence-electron chi connectivity index (χ2n) is 7.52. The predicted octanol–water partition coefficient (Wildman–Crippen LogP) is 1.57. The highest BCUT2D eigenvalue weighted by Crippen LogP contribution is 2.16. The van der Waals surface area contributed by atoms with Crippen molar-refractivity contribution in [2.75, 3.05) is 61.8 Å². The molecule has 0 aliphatic carbocycles. The van der Waals surface area contributed by atoms with Crippen LogP contribution >= 0.6 is 0 Å². The Morgan fingerprint density at radius 3 is 2.06 bits per heavy atom. The molecule has 0 bridgehead atoms. The molecule has 0 radical (unpaired) electrons. The molecule has 2 aromatic carbocycles. The summed E-state index contributed by atoms with van der Waals surface area (Å²) in [4.78, 5) is 2.15. The Balaban J connectivity index is 1.71. The minimum Gasteiger partial charge on any atom is -0.492 e. The molecule has 2 aromatic rings. The highest BCUT2D eigenvalue weighted by atomic mass is 32.2. The fourth-order valence-electron chi connectivity index (χ4n) is 2.79. The summed E-state index contributed by atoms with van der Waals surface area (Å²) in [5.41, 5.74) is 2.17. The van der Waals surface area contributed by atoms with Gasteiger partial charge in [0.25, 0.3) is 0 Å². The van der Waals surface area contributed by atoms with Crippen LogP contribution in [0.4, 0.5) is 11.4 Å². The summed E-state index contributed by atoms with van der Waals surface area (Å²) in [7, 11) is -2.91. The van der Waals surface area contributed by atoms with Gasteiger partial charge in [-0.25, -0.2) is 16.8 Å². The van der Waals surface area contributed by atoms with Gasteiger partial charge < -0.3 is 15.0 Å². The van der Waals surface area contributed by atoms with E-state index in [9.17, 15) is 16.8 Å². The molecule has 0 saturated carbocycles. The van der Waals surface area contributed by atoms with E-state index in [-0.39, 0.29) is 5.75 Å². The fourth-order valence-corrected chi connectivity index (χ4v) is 4.43. The molecular formula is C21H32N4O5S2. The van der Waals surface area contributed by atoms with E-state index in [1.54, 1.807) is 43.4 Å². The van der Waals surface area contributed by atoms with Crippen molar-refractivity contribution in [1.82, 2.24) is 10.2 Å². The molecule has 32 heavy (non-hydrogen) atoms. The van der Waals surface area contributed by atoms with E-state index < -0.39 is 20.0 Å². The molecule has 11 heteroatoms. The minimum absolute atomic E-state index is 0.0276. The van der Waals surface area contributed by atoms with E-state index in [1.807, 2.05) is 19.2 Å². The maximum absolute atomic E-state index is 11.9. The van der Waals surface area contributed by atoms with Crippen LogP contribution in [0.25, 0.3) is 0 Å². The van der Waals surface area contributed by atoms with Crippen molar-refractivity contribution in [2.24, 2.45) is 0 Å². The maximum Gasteiger partial charge on any atom is 0.233 e. The van der Waals surface area contributed by atoms with Crippen molar-refractivity contribution < 1.29 is 21.6 Å². The normalized spacial score (nSPS) is 12.0. The number of anilines is 2. The molecule has 178 valence electrons. The first-order valence-corrected chi connectivity index (χ1v) is 13.7. The van der Waals surface area contributed by atoms with Gasteiger partial charge in [-0.3, -0.25) is 9.44 Å². The summed E-state index contributed by atoms with van der Waals surface area (Å²) < 4.78 is 57.0. The Morgan fingerprint density at radius 1 is 0.875 bits per heavy atom. The number of rotatable bonds is 14. The van der Waals surface area contributed by atoms with Gasteiger partial charge in [-0.2, -0.15) is 0 Å². The molecule has 0 atom stereocenters. The van der Waals surface area contributed by atoms with Gasteiger partial charge in [0, 0.05) is 31.0 Å². The average molecular weight is 485 g/mol. The van der Waals surface area contributed by atoms with E-state index in [1.165, 1.54) is 0 Å². The quantitative estimate of drug-likeness (QED) is 0.373. The van der Waals surface area contributed by atoms with Crippen LogP contribution in [0.15, 0.2) is 48.5 Å². The molecule has 0 saturated heterocycles. The van der Waals surface area contributed by atoms with Crippen molar-refractivity contribution >= 4 is 31.4 Å². The Bertz CT molecular complexity index is 1040. The van der Waals surface area contributed by atoms with Gasteiger partial charge >= 0.3 is 0 Å². The first kappa shape index (κ1) is 25.9. The summed E-state index contributed by atoms with van der Waals surface area (Å²) in [6.45, 7) is 2.46. The molecule has 3 N–H and O–H groups in total. The number of likely N-dealkylation sites (N-methyl/N-ethyl adjacent to an activating group) is 1. The number of hydrogen-bond acceptors (Lipinski definition) is 7. The van der Waals surface area contributed by atoms with Gasteiger partial charge in [-0.05, 0) is 62.5 Å². The summed E-state index contributed by atoms with van der Waals surface area (Å²) >= 11 is 0. The number of hydrogen-bond donors (Lipinski definition) is 3. The van der Waals surface area contributed by atoms with Crippen LogP contribution in [-0.4, -0.2) is 74.1 Å². The lowest BCUT2D eigenvalue weighted by molar-refractivity contribution is 0.239. The Labute approximate surface area is 191 Å². The van der Waals surface area contributed by atoms with Crippen LogP contribution < -0.4 is 19.5 Å². The molecule has 0 aliphatic heterocycles. The van der Waals surface area contributed by atoms with Gasteiger partial charge in [0.05, 0.1) is 12.0 Å². The molecule has 0 unspecified atom stereocenters. The van der Waals surface area contributed by atoms with Gasteiger partial charge in [0.1, 0.15) is 12.4 Å². The zero-order valence-electron chi connectivity index (χ0n) is 18.7. The predicted molar refractivity (Wildman–Crippen MR) is 129 cm³/mol. The van der Waals surface area contributed by atoms with Crippen molar-refractivity contribution in [3.05, 3.63) is 54.1 Å². The first-order chi connectivity index (χ1) is 15.1.